The Morgan fingerprint density at radius 3 is 2.46 bits per heavy atom. The third-order valence-corrected chi connectivity index (χ3v) is 4.22. The van der Waals surface area contributed by atoms with Crippen molar-refractivity contribution in [1.29, 1.82) is 0 Å². The molecule has 3 rings (SSSR count). The number of amides is 1. The number of ketones is 1. The SMILES string of the molecule is CCC(=O)C1=C(O)C(=O)N(c2ccc(Cl)cc2)C1c1ccc(C)o1. The number of halogens is 1. The number of carbonyl (C=O) groups excluding carboxylic acids is 2. The van der Waals surface area contributed by atoms with E-state index in [2.05, 4.69) is 0 Å². The van der Waals surface area contributed by atoms with Gasteiger partial charge in [0.15, 0.2) is 11.5 Å². The van der Waals surface area contributed by atoms with Crippen molar-refractivity contribution in [2.75, 3.05) is 4.90 Å². The highest BCUT2D eigenvalue weighted by Gasteiger charge is 2.45. The van der Waals surface area contributed by atoms with Crippen LogP contribution in [0.25, 0.3) is 0 Å². The van der Waals surface area contributed by atoms with Gasteiger partial charge in [-0.15, -0.1) is 0 Å². The van der Waals surface area contributed by atoms with Crippen LogP contribution in [0.15, 0.2) is 52.1 Å². The molecule has 0 bridgehead atoms. The summed E-state index contributed by atoms with van der Waals surface area (Å²) in [5.41, 5.74) is 0.584. The zero-order valence-corrected chi connectivity index (χ0v) is 14.0. The van der Waals surface area contributed by atoms with Gasteiger partial charge in [-0.25, -0.2) is 0 Å². The van der Waals surface area contributed by atoms with Gasteiger partial charge < -0.3 is 9.52 Å². The van der Waals surface area contributed by atoms with Gasteiger partial charge in [0.1, 0.15) is 17.6 Å². The largest absolute Gasteiger partial charge is 0.503 e. The van der Waals surface area contributed by atoms with E-state index >= 15 is 0 Å². The Morgan fingerprint density at radius 2 is 1.92 bits per heavy atom. The quantitative estimate of drug-likeness (QED) is 0.904. The van der Waals surface area contributed by atoms with Gasteiger partial charge in [0.05, 0.1) is 5.57 Å². The van der Waals surface area contributed by atoms with Crippen molar-refractivity contribution in [3.63, 3.8) is 0 Å². The molecule has 0 saturated carbocycles. The van der Waals surface area contributed by atoms with E-state index < -0.39 is 17.7 Å². The number of furan rings is 1. The summed E-state index contributed by atoms with van der Waals surface area (Å²) in [4.78, 5) is 26.3. The molecule has 1 atom stereocenters. The van der Waals surface area contributed by atoms with Crippen LogP contribution in [0.2, 0.25) is 5.02 Å². The van der Waals surface area contributed by atoms with E-state index in [0.717, 1.165) is 0 Å². The summed E-state index contributed by atoms with van der Waals surface area (Å²) in [6.45, 7) is 3.46. The molecule has 0 saturated heterocycles. The Bertz CT molecular complexity index is 835. The number of aliphatic hydroxyl groups is 1. The summed E-state index contributed by atoms with van der Waals surface area (Å²) in [6.07, 6.45) is 0.178. The topological polar surface area (TPSA) is 70.8 Å². The minimum atomic E-state index is -0.792. The minimum Gasteiger partial charge on any atom is -0.503 e. The summed E-state index contributed by atoms with van der Waals surface area (Å²) < 4.78 is 5.65. The van der Waals surface area contributed by atoms with Crippen molar-refractivity contribution < 1.29 is 19.1 Å². The van der Waals surface area contributed by atoms with E-state index in [0.29, 0.717) is 22.2 Å². The molecule has 5 nitrogen and oxygen atoms in total. The van der Waals surface area contributed by atoms with Crippen molar-refractivity contribution in [2.24, 2.45) is 0 Å². The van der Waals surface area contributed by atoms with Crippen LogP contribution in [-0.4, -0.2) is 16.8 Å². The standard InChI is InChI=1S/C18H16ClNO4/c1-3-13(21)15-16(14-9-4-10(2)24-14)20(18(23)17(15)22)12-7-5-11(19)6-8-12/h4-9,16,22H,3H2,1-2H3. The normalized spacial score (nSPS) is 17.7. The summed E-state index contributed by atoms with van der Waals surface area (Å²) in [7, 11) is 0. The van der Waals surface area contributed by atoms with Crippen molar-refractivity contribution >= 4 is 29.0 Å². The molecule has 2 aromatic rings. The van der Waals surface area contributed by atoms with Crippen LogP contribution in [0.4, 0.5) is 5.69 Å². The number of aryl methyl sites for hydroxylation is 1. The maximum Gasteiger partial charge on any atom is 0.294 e. The number of hydrogen-bond acceptors (Lipinski definition) is 4. The molecule has 0 fully saturated rings. The van der Waals surface area contributed by atoms with E-state index in [1.807, 2.05) is 0 Å². The Labute approximate surface area is 144 Å². The van der Waals surface area contributed by atoms with Gasteiger partial charge >= 0.3 is 0 Å². The maximum atomic E-state index is 12.6. The number of anilines is 1. The molecule has 1 aliphatic heterocycles. The van der Waals surface area contributed by atoms with Crippen LogP contribution in [0, 0.1) is 6.92 Å². The molecule has 1 aromatic carbocycles. The second-order valence-corrected chi connectivity index (χ2v) is 5.98. The fourth-order valence-electron chi connectivity index (χ4n) is 2.82. The predicted molar refractivity (Wildman–Crippen MR) is 90.1 cm³/mol. The summed E-state index contributed by atoms with van der Waals surface area (Å²) >= 11 is 5.91. The van der Waals surface area contributed by atoms with Gasteiger partial charge in [-0.2, -0.15) is 0 Å². The van der Waals surface area contributed by atoms with Gasteiger partial charge in [0, 0.05) is 17.1 Å². The predicted octanol–water partition coefficient (Wildman–Crippen LogP) is 4.12. The van der Waals surface area contributed by atoms with Gasteiger partial charge in [-0.1, -0.05) is 18.5 Å². The molecule has 24 heavy (non-hydrogen) atoms. The van der Waals surface area contributed by atoms with Gasteiger partial charge in [0.25, 0.3) is 5.91 Å². The highest BCUT2D eigenvalue weighted by atomic mass is 35.5. The lowest BCUT2D eigenvalue weighted by Gasteiger charge is -2.25. The van der Waals surface area contributed by atoms with E-state index in [-0.39, 0.29) is 17.8 Å². The third-order valence-electron chi connectivity index (χ3n) is 3.97. The fourth-order valence-corrected chi connectivity index (χ4v) is 2.94. The minimum absolute atomic E-state index is 0.0619. The Hall–Kier alpha value is -2.53. The maximum absolute atomic E-state index is 12.6. The monoisotopic (exact) mass is 345 g/mol. The smallest absolute Gasteiger partial charge is 0.294 e. The average Bonchev–Trinajstić information content (AvgIpc) is 3.10. The van der Waals surface area contributed by atoms with Gasteiger partial charge in [-0.3, -0.25) is 14.5 Å². The van der Waals surface area contributed by atoms with Crippen LogP contribution in [-0.2, 0) is 9.59 Å². The first-order chi connectivity index (χ1) is 11.4. The zero-order chi connectivity index (χ0) is 17.4. The Kier molecular flexibility index (Phi) is 4.20. The second-order valence-electron chi connectivity index (χ2n) is 5.54. The molecular weight excluding hydrogens is 330 g/mol. The summed E-state index contributed by atoms with van der Waals surface area (Å²) in [5.74, 6) is -0.375. The molecule has 1 aromatic heterocycles. The first kappa shape index (κ1) is 16.3. The molecule has 6 heteroatoms. The highest BCUT2D eigenvalue weighted by Crippen LogP contribution is 2.41. The van der Waals surface area contributed by atoms with Crippen molar-refractivity contribution in [3.05, 3.63) is 64.3 Å². The third kappa shape index (κ3) is 2.61. The second kappa shape index (κ2) is 6.17. The number of hydrogen-bond donors (Lipinski definition) is 1. The first-order valence-corrected chi connectivity index (χ1v) is 7.93. The van der Waals surface area contributed by atoms with E-state index in [4.69, 9.17) is 16.0 Å². The molecule has 1 aliphatic rings. The molecule has 0 spiro atoms. The van der Waals surface area contributed by atoms with Crippen LogP contribution in [0.3, 0.4) is 0 Å². The lowest BCUT2D eigenvalue weighted by Crippen LogP contribution is -2.30. The van der Waals surface area contributed by atoms with Crippen molar-refractivity contribution in [1.82, 2.24) is 0 Å². The summed E-state index contributed by atoms with van der Waals surface area (Å²) in [6, 6.07) is 9.28. The van der Waals surface area contributed by atoms with Crippen LogP contribution >= 0.6 is 11.6 Å². The van der Waals surface area contributed by atoms with E-state index in [1.165, 1.54) is 4.90 Å². The molecule has 124 valence electrons. The fraction of sp³-hybridized carbons (Fsp3) is 0.222. The van der Waals surface area contributed by atoms with Crippen molar-refractivity contribution in [2.45, 2.75) is 26.3 Å². The molecule has 0 radical (unpaired) electrons. The molecule has 1 unspecified atom stereocenters. The summed E-state index contributed by atoms with van der Waals surface area (Å²) in [5, 5.41) is 10.8. The van der Waals surface area contributed by atoms with Crippen LogP contribution in [0.1, 0.15) is 30.9 Å². The number of aliphatic hydroxyl groups excluding tert-OH is 1. The number of rotatable bonds is 4. The number of benzene rings is 1. The number of Topliss-reactive ketones (excluding diaryl/α,β-unsaturated/α-hetero) is 1. The average molecular weight is 346 g/mol. The Balaban J connectivity index is 2.15. The lowest BCUT2D eigenvalue weighted by molar-refractivity contribution is -0.118. The Morgan fingerprint density at radius 1 is 1.25 bits per heavy atom. The van der Waals surface area contributed by atoms with Gasteiger partial charge in [0.2, 0.25) is 0 Å². The van der Waals surface area contributed by atoms with Gasteiger partial charge in [-0.05, 0) is 43.3 Å². The number of carbonyl (C=O) groups is 2. The number of nitrogens with zero attached hydrogens (tertiary/aromatic N) is 1. The molecule has 1 N–H and O–H groups in total. The van der Waals surface area contributed by atoms with E-state index in [9.17, 15) is 14.7 Å². The first-order valence-electron chi connectivity index (χ1n) is 7.55. The van der Waals surface area contributed by atoms with Crippen LogP contribution < -0.4 is 4.90 Å². The lowest BCUT2D eigenvalue weighted by atomic mass is 9.99. The molecule has 2 heterocycles. The van der Waals surface area contributed by atoms with E-state index in [1.54, 1.807) is 50.2 Å². The zero-order valence-electron chi connectivity index (χ0n) is 13.2. The highest BCUT2D eigenvalue weighted by molar-refractivity contribution is 6.30. The molecular formula is C18H16ClNO4. The van der Waals surface area contributed by atoms with Crippen molar-refractivity contribution in [3.8, 4) is 0 Å². The molecule has 0 aliphatic carbocycles. The van der Waals surface area contributed by atoms with Crippen LogP contribution in [0.5, 0.6) is 0 Å². The molecule has 1 amide bonds.